The summed E-state index contributed by atoms with van der Waals surface area (Å²) in [5, 5.41) is 9.02. The summed E-state index contributed by atoms with van der Waals surface area (Å²) in [5.41, 5.74) is -2.03. The fraction of sp³-hybridized carbons (Fsp3) is 1.00. The predicted molar refractivity (Wildman–Crippen MR) is 38.0 cm³/mol. The van der Waals surface area contributed by atoms with Gasteiger partial charge < -0.3 is 9.84 Å². The van der Waals surface area contributed by atoms with Gasteiger partial charge in [-0.2, -0.15) is 0 Å². The molecule has 0 saturated heterocycles. The first-order valence-corrected chi connectivity index (χ1v) is 3.64. The van der Waals surface area contributed by atoms with E-state index in [1.165, 1.54) is 0 Å². The third-order valence-corrected chi connectivity index (χ3v) is 1.65. The van der Waals surface area contributed by atoms with E-state index < -0.39 is 31.7 Å². The molecule has 0 saturated carbocycles. The number of aliphatic hydroxyl groups excluding tert-OH is 1. The highest BCUT2D eigenvalue weighted by molar-refractivity contribution is 4.80. The van der Waals surface area contributed by atoms with E-state index in [0.29, 0.717) is 0 Å². The molecule has 0 radical (unpaired) electrons. The number of halogens is 3. The van der Waals surface area contributed by atoms with Crippen molar-refractivity contribution >= 4 is 0 Å². The highest BCUT2D eigenvalue weighted by Crippen LogP contribution is 2.25. The van der Waals surface area contributed by atoms with Gasteiger partial charge in [-0.05, 0) is 6.92 Å². The minimum Gasteiger partial charge on any atom is -0.367 e. The number of hydrogen-bond acceptors (Lipinski definition) is 2. The van der Waals surface area contributed by atoms with Gasteiger partial charge in [0.15, 0.2) is 6.29 Å². The molecule has 74 valence electrons. The van der Waals surface area contributed by atoms with E-state index in [2.05, 4.69) is 4.74 Å². The molecule has 0 aromatic heterocycles. The maximum atomic E-state index is 12.2. The quantitative estimate of drug-likeness (QED) is 0.632. The minimum atomic E-state index is -2.03. The number of aliphatic hydroxyl groups is 1. The number of alkyl halides is 3. The summed E-state index contributed by atoms with van der Waals surface area (Å²) >= 11 is 0. The molecule has 12 heavy (non-hydrogen) atoms. The van der Waals surface area contributed by atoms with Crippen LogP contribution in [0.3, 0.4) is 0 Å². The van der Waals surface area contributed by atoms with E-state index in [1.54, 1.807) is 6.92 Å². The Morgan fingerprint density at radius 1 is 1.25 bits per heavy atom. The first-order chi connectivity index (χ1) is 5.66. The predicted octanol–water partition coefficient (Wildman–Crippen LogP) is 1.24. The third-order valence-electron chi connectivity index (χ3n) is 1.65. The number of ether oxygens (including phenoxy) is 1. The molecule has 0 rings (SSSR count). The summed E-state index contributed by atoms with van der Waals surface area (Å²) < 4.78 is 41.0. The van der Waals surface area contributed by atoms with Gasteiger partial charge in [-0.1, -0.05) is 0 Å². The Morgan fingerprint density at radius 2 is 1.67 bits per heavy atom. The molecule has 5 heteroatoms. The van der Waals surface area contributed by atoms with Gasteiger partial charge in [-0.25, -0.2) is 0 Å². The molecule has 0 fully saturated rings. The van der Waals surface area contributed by atoms with Crippen molar-refractivity contribution < 1.29 is 23.0 Å². The van der Waals surface area contributed by atoms with E-state index in [-0.39, 0.29) is 6.61 Å². The van der Waals surface area contributed by atoms with E-state index in [0.717, 1.165) is 0 Å². The first-order valence-electron chi connectivity index (χ1n) is 3.64. The highest BCUT2D eigenvalue weighted by atomic mass is 19.1. The summed E-state index contributed by atoms with van der Waals surface area (Å²) in [6, 6.07) is 0. The Balaban J connectivity index is 4.24. The largest absolute Gasteiger partial charge is 0.367 e. The summed E-state index contributed by atoms with van der Waals surface area (Å²) in [6.45, 7) is -2.20. The van der Waals surface area contributed by atoms with Gasteiger partial charge in [0.2, 0.25) is 0 Å². The zero-order chi connectivity index (χ0) is 9.61. The lowest BCUT2D eigenvalue weighted by Crippen LogP contribution is -2.43. The minimum absolute atomic E-state index is 0.0862. The first kappa shape index (κ1) is 11.7. The molecule has 0 amide bonds. The van der Waals surface area contributed by atoms with Gasteiger partial charge in [-0.15, -0.1) is 0 Å². The van der Waals surface area contributed by atoms with Gasteiger partial charge in [0.25, 0.3) is 0 Å². The van der Waals surface area contributed by atoms with Crippen LogP contribution in [-0.4, -0.2) is 38.0 Å². The number of rotatable bonds is 6. The van der Waals surface area contributed by atoms with Crippen molar-refractivity contribution in [2.24, 2.45) is 5.41 Å². The SMILES string of the molecule is CCOC(O)C(CF)(CF)CF. The molecule has 0 heterocycles. The Labute approximate surface area is 69.3 Å². The van der Waals surface area contributed by atoms with Gasteiger partial charge in [0.05, 0.1) is 0 Å². The van der Waals surface area contributed by atoms with Crippen molar-refractivity contribution in [1.29, 1.82) is 0 Å². The maximum Gasteiger partial charge on any atom is 0.167 e. The fourth-order valence-corrected chi connectivity index (χ4v) is 0.640. The second kappa shape index (κ2) is 5.37. The molecule has 0 aliphatic rings. The monoisotopic (exact) mass is 186 g/mol. The van der Waals surface area contributed by atoms with Crippen LogP contribution >= 0.6 is 0 Å². The smallest absolute Gasteiger partial charge is 0.167 e. The summed E-state index contributed by atoms with van der Waals surface area (Å²) in [6.07, 6.45) is -1.72. The molecule has 0 bridgehead atoms. The average Bonchev–Trinajstić information content (AvgIpc) is 2.09. The summed E-state index contributed by atoms with van der Waals surface area (Å²) in [4.78, 5) is 0. The van der Waals surface area contributed by atoms with Gasteiger partial charge in [0.1, 0.15) is 25.4 Å². The second-order valence-corrected chi connectivity index (χ2v) is 2.57. The zero-order valence-electron chi connectivity index (χ0n) is 6.90. The summed E-state index contributed by atoms with van der Waals surface area (Å²) in [5.74, 6) is 0. The Bertz CT molecular complexity index is 109. The number of hydrogen-bond donors (Lipinski definition) is 1. The molecule has 0 aliphatic carbocycles. The Morgan fingerprint density at radius 3 is 1.92 bits per heavy atom. The molecule has 0 spiro atoms. The third kappa shape index (κ3) is 2.35. The summed E-state index contributed by atoms with van der Waals surface area (Å²) in [7, 11) is 0. The van der Waals surface area contributed by atoms with Crippen LogP contribution in [0.25, 0.3) is 0 Å². The van der Waals surface area contributed by atoms with Crippen molar-refractivity contribution in [3.8, 4) is 0 Å². The molecule has 1 N–H and O–H groups in total. The van der Waals surface area contributed by atoms with Crippen LogP contribution in [0.1, 0.15) is 6.92 Å². The molecule has 2 nitrogen and oxygen atoms in total. The van der Waals surface area contributed by atoms with Crippen LogP contribution in [0.5, 0.6) is 0 Å². The lowest BCUT2D eigenvalue weighted by Gasteiger charge is -2.29. The molecule has 0 aromatic carbocycles. The highest BCUT2D eigenvalue weighted by Gasteiger charge is 2.39. The van der Waals surface area contributed by atoms with E-state index >= 15 is 0 Å². The van der Waals surface area contributed by atoms with Crippen molar-refractivity contribution in [3.05, 3.63) is 0 Å². The van der Waals surface area contributed by atoms with Crippen LogP contribution in [0, 0.1) is 5.41 Å². The fourth-order valence-electron chi connectivity index (χ4n) is 0.640. The van der Waals surface area contributed by atoms with Crippen molar-refractivity contribution in [3.63, 3.8) is 0 Å². The normalized spacial score (nSPS) is 14.8. The lowest BCUT2D eigenvalue weighted by atomic mass is 9.92. The molecular weight excluding hydrogens is 173 g/mol. The molecule has 0 aromatic rings. The average molecular weight is 186 g/mol. The molecular formula is C7H13F3O2. The lowest BCUT2D eigenvalue weighted by molar-refractivity contribution is -0.188. The maximum absolute atomic E-state index is 12.2. The van der Waals surface area contributed by atoms with Crippen LogP contribution in [0.2, 0.25) is 0 Å². The zero-order valence-corrected chi connectivity index (χ0v) is 6.90. The Kier molecular flexibility index (Phi) is 5.24. The molecule has 1 atom stereocenters. The Hall–Kier alpha value is -0.290. The van der Waals surface area contributed by atoms with E-state index in [1.807, 2.05) is 0 Å². The van der Waals surface area contributed by atoms with E-state index in [4.69, 9.17) is 5.11 Å². The van der Waals surface area contributed by atoms with Crippen molar-refractivity contribution in [1.82, 2.24) is 0 Å². The van der Waals surface area contributed by atoms with Crippen LogP contribution < -0.4 is 0 Å². The van der Waals surface area contributed by atoms with Gasteiger partial charge in [0, 0.05) is 6.61 Å². The van der Waals surface area contributed by atoms with Crippen LogP contribution in [-0.2, 0) is 4.74 Å². The standard InChI is InChI=1S/C7H13F3O2/c1-2-12-6(11)7(3-8,4-9)5-10/h6,11H,2-5H2,1H3. The van der Waals surface area contributed by atoms with Crippen molar-refractivity contribution in [2.75, 3.05) is 26.6 Å². The molecule has 0 aliphatic heterocycles. The van der Waals surface area contributed by atoms with Gasteiger partial charge in [-0.3, -0.25) is 13.2 Å². The van der Waals surface area contributed by atoms with Crippen molar-refractivity contribution in [2.45, 2.75) is 13.2 Å². The van der Waals surface area contributed by atoms with E-state index in [9.17, 15) is 13.2 Å². The molecule has 1 unspecified atom stereocenters. The van der Waals surface area contributed by atoms with Crippen LogP contribution in [0.4, 0.5) is 13.2 Å². The van der Waals surface area contributed by atoms with Gasteiger partial charge >= 0.3 is 0 Å². The second-order valence-electron chi connectivity index (χ2n) is 2.57. The van der Waals surface area contributed by atoms with Crippen LogP contribution in [0.15, 0.2) is 0 Å². The topological polar surface area (TPSA) is 29.5 Å².